The lowest BCUT2D eigenvalue weighted by Gasteiger charge is -2.01. The lowest BCUT2D eigenvalue weighted by Crippen LogP contribution is -1.90. The highest BCUT2D eigenvalue weighted by Crippen LogP contribution is 2.06. The summed E-state index contributed by atoms with van der Waals surface area (Å²) < 4.78 is 0. The zero-order chi connectivity index (χ0) is 9.40. The quantitative estimate of drug-likeness (QED) is 0.557. The first-order valence-electron chi connectivity index (χ1n) is 4.98. The zero-order valence-electron chi connectivity index (χ0n) is 8.69. The lowest BCUT2D eigenvalue weighted by atomic mass is 10.0. The van der Waals surface area contributed by atoms with Crippen molar-refractivity contribution in [1.29, 1.82) is 0 Å². The van der Waals surface area contributed by atoms with Gasteiger partial charge in [0.05, 0.1) is 0 Å². The Kier molecular flexibility index (Phi) is 6.96. The average molecular weight is 165 g/mol. The van der Waals surface area contributed by atoms with Gasteiger partial charge in [-0.15, -0.1) is 11.8 Å². The summed E-state index contributed by atoms with van der Waals surface area (Å²) in [5.74, 6) is 7.48. The molecule has 0 heterocycles. The summed E-state index contributed by atoms with van der Waals surface area (Å²) in [6.07, 6.45) is 4.76. The van der Waals surface area contributed by atoms with Crippen LogP contribution in [-0.2, 0) is 0 Å². The first-order chi connectivity index (χ1) is 5.66. The third kappa shape index (κ3) is 7.66. The fourth-order valence-electron chi connectivity index (χ4n) is 0.990. The molecule has 0 aromatic heterocycles. The van der Waals surface area contributed by atoms with E-state index in [2.05, 4.69) is 39.5 Å². The Morgan fingerprint density at radius 1 is 1.33 bits per heavy atom. The molecule has 0 spiro atoms. The molecule has 0 rings (SSSR count). The summed E-state index contributed by atoms with van der Waals surface area (Å²) in [4.78, 5) is 0. The van der Waals surface area contributed by atoms with Crippen molar-refractivity contribution in [2.45, 2.75) is 46.5 Å². The normalized spacial score (nSPS) is 12.4. The van der Waals surface area contributed by atoms with Crippen molar-refractivity contribution in [3.8, 4) is 11.8 Å². The molecule has 1 radical (unpaired) electrons. The maximum absolute atomic E-state index is 3.89. The van der Waals surface area contributed by atoms with Crippen molar-refractivity contribution in [3.05, 3.63) is 6.92 Å². The summed E-state index contributed by atoms with van der Waals surface area (Å²) in [6.45, 7) is 10.4. The molecule has 2 atom stereocenters. The summed E-state index contributed by atoms with van der Waals surface area (Å²) in [5, 5.41) is 0. The van der Waals surface area contributed by atoms with Crippen molar-refractivity contribution in [2.24, 2.45) is 11.8 Å². The molecule has 0 saturated carbocycles. The summed E-state index contributed by atoms with van der Waals surface area (Å²) in [6, 6.07) is 0. The minimum atomic E-state index is 0.468. The Hall–Kier alpha value is -0.440. The molecule has 12 heavy (non-hydrogen) atoms. The van der Waals surface area contributed by atoms with E-state index in [4.69, 9.17) is 0 Å². The topological polar surface area (TPSA) is 0 Å². The number of rotatable bonds is 4. The van der Waals surface area contributed by atoms with Gasteiger partial charge in [0.15, 0.2) is 0 Å². The van der Waals surface area contributed by atoms with Gasteiger partial charge < -0.3 is 0 Å². The van der Waals surface area contributed by atoms with Crippen LogP contribution >= 0.6 is 0 Å². The fraction of sp³-hybridized carbons (Fsp3) is 0.750. The van der Waals surface area contributed by atoms with Crippen LogP contribution in [0.1, 0.15) is 46.5 Å². The second-order valence-electron chi connectivity index (χ2n) is 3.67. The van der Waals surface area contributed by atoms with Crippen LogP contribution in [0.15, 0.2) is 0 Å². The van der Waals surface area contributed by atoms with Crippen molar-refractivity contribution < 1.29 is 0 Å². The van der Waals surface area contributed by atoms with E-state index < -0.39 is 0 Å². The SMILES string of the molecule is [CH2]C(C)CC#CC(C)CCCC. The van der Waals surface area contributed by atoms with Crippen LogP contribution in [0.2, 0.25) is 0 Å². The predicted molar refractivity (Wildman–Crippen MR) is 55.6 cm³/mol. The molecule has 0 bridgehead atoms. The van der Waals surface area contributed by atoms with Crippen LogP contribution in [0, 0.1) is 30.6 Å². The fourth-order valence-corrected chi connectivity index (χ4v) is 0.990. The van der Waals surface area contributed by atoms with Gasteiger partial charge in [0.2, 0.25) is 0 Å². The minimum absolute atomic E-state index is 0.468. The molecule has 0 saturated heterocycles. The van der Waals surface area contributed by atoms with E-state index >= 15 is 0 Å². The van der Waals surface area contributed by atoms with E-state index in [0.29, 0.717) is 11.8 Å². The van der Waals surface area contributed by atoms with E-state index in [9.17, 15) is 0 Å². The van der Waals surface area contributed by atoms with Crippen molar-refractivity contribution in [2.75, 3.05) is 0 Å². The third-order valence-corrected chi connectivity index (χ3v) is 1.79. The van der Waals surface area contributed by atoms with Gasteiger partial charge in [0.25, 0.3) is 0 Å². The van der Waals surface area contributed by atoms with Gasteiger partial charge in [-0.1, -0.05) is 33.6 Å². The second-order valence-corrected chi connectivity index (χ2v) is 3.67. The number of unbranched alkanes of at least 4 members (excludes halogenated alkanes) is 1. The molecule has 0 aliphatic rings. The highest BCUT2D eigenvalue weighted by Gasteiger charge is 1.94. The Labute approximate surface area is 77.8 Å². The monoisotopic (exact) mass is 165 g/mol. The average Bonchev–Trinajstić information content (AvgIpc) is 2.00. The highest BCUT2D eigenvalue weighted by atomic mass is 14.0. The molecular weight excluding hydrogens is 144 g/mol. The highest BCUT2D eigenvalue weighted by molar-refractivity contribution is 5.03. The first kappa shape index (κ1) is 11.6. The molecule has 0 aliphatic carbocycles. The first-order valence-corrected chi connectivity index (χ1v) is 4.98. The standard InChI is InChI=1S/C12H21/c1-5-6-9-12(4)10-7-8-11(2)3/h11-12H,2,5-6,8-9H2,1,3-4H3. The summed E-state index contributed by atoms with van der Waals surface area (Å²) in [7, 11) is 0. The Balaban J connectivity index is 3.49. The van der Waals surface area contributed by atoms with Crippen LogP contribution in [0.25, 0.3) is 0 Å². The molecule has 0 aromatic rings. The molecule has 0 nitrogen and oxygen atoms in total. The maximum Gasteiger partial charge on any atom is 0.0174 e. The van der Waals surface area contributed by atoms with Crippen LogP contribution in [0.5, 0.6) is 0 Å². The zero-order valence-corrected chi connectivity index (χ0v) is 8.69. The molecule has 0 aliphatic heterocycles. The van der Waals surface area contributed by atoms with E-state index in [0.717, 1.165) is 6.42 Å². The molecule has 0 aromatic carbocycles. The van der Waals surface area contributed by atoms with Gasteiger partial charge in [-0.05, 0) is 19.3 Å². The van der Waals surface area contributed by atoms with Crippen LogP contribution in [-0.4, -0.2) is 0 Å². The van der Waals surface area contributed by atoms with Crippen LogP contribution in [0.4, 0.5) is 0 Å². The second kappa shape index (κ2) is 7.22. The van der Waals surface area contributed by atoms with Gasteiger partial charge in [-0.25, -0.2) is 0 Å². The Morgan fingerprint density at radius 3 is 2.50 bits per heavy atom. The van der Waals surface area contributed by atoms with Crippen LogP contribution in [0.3, 0.4) is 0 Å². The molecule has 2 unspecified atom stereocenters. The van der Waals surface area contributed by atoms with Crippen molar-refractivity contribution in [3.63, 3.8) is 0 Å². The molecule has 0 fully saturated rings. The largest absolute Gasteiger partial charge is 0.103 e. The number of hydrogen-bond acceptors (Lipinski definition) is 0. The summed E-state index contributed by atoms with van der Waals surface area (Å²) >= 11 is 0. The smallest absolute Gasteiger partial charge is 0.0174 e. The van der Waals surface area contributed by atoms with Gasteiger partial charge in [0.1, 0.15) is 0 Å². The van der Waals surface area contributed by atoms with E-state index in [1.165, 1.54) is 19.3 Å². The van der Waals surface area contributed by atoms with E-state index in [1.807, 2.05) is 0 Å². The molecular formula is C12H21. The molecule has 0 N–H and O–H groups in total. The maximum atomic E-state index is 3.89. The van der Waals surface area contributed by atoms with Crippen molar-refractivity contribution >= 4 is 0 Å². The third-order valence-electron chi connectivity index (χ3n) is 1.79. The van der Waals surface area contributed by atoms with Crippen LogP contribution < -0.4 is 0 Å². The van der Waals surface area contributed by atoms with Crippen molar-refractivity contribution in [1.82, 2.24) is 0 Å². The Morgan fingerprint density at radius 2 is 2.00 bits per heavy atom. The minimum Gasteiger partial charge on any atom is -0.103 e. The Bertz CT molecular complexity index is 145. The molecule has 0 amide bonds. The number of hydrogen-bond donors (Lipinski definition) is 0. The van der Waals surface area contributed by atoms with Gasteiger partial charge in [-0.3, -0.25) is 0 Å². The molecule has 69 valence electrons. The summed E-state index contributed by atoms with van der Waals surface area (Å²) in [5.41, 5.74) is 0. The van der Waals surface area contributed by atoms with Gasteiger partial charge in [-0.2, -0.15) is 0 Å². The molecule has 0 heteroatoms. The lowest BCUT2D eigenvalue weighted by molar-refractivity contribution is 0.612. The van der Waals surface area contributed by atoms with E-state index in [-0.39, 0.29) is 0 Å². The van der Waals surface area contributed by atoms with Gasteiger partial charge >= 0.3 is 0 Å². The van der Waals surface area contributed by atoms with E-state index in [1.54, 1.807) is 0 Å². The van der Waals surface area contributed by atoms with Gasteiger partial charge in [0, 0.05) is 12.3 Å². The predicted octanol–water partition coefficient (Wildman–Crippen LogP) is 3.68.